The second-order valence-corrected chi connectivity index (χ2v) is 6.86. The highest BCUT2D eigenvalue weighted by atomic mass is 19.4. The van der Waals surface area contributed by atoms with Gasteiger partial charge in [0.05, 0.1) is 11.1 Å². The molecule has 4 aromatic rings. The number of carboxylic acid groups (broad SMARTS) is 1. The lowest BCUT2D eigenvalue weighted by Crippen LogP contribution is -2.21. The molecule has 1 aromatic carbocycles. The molecule has 0 unspecified atom stereocenters. The van der Waals surface area contributed by atoms with Crippen molar-refractivity contribution < 1.29 is 27.6 Å². The van der Waals surface area contributed by atoms with Crippen molar-refractivity contribution in [2.45, 2.75) is 12.7 Å². The number of nitrogens with zero attached hydrogens (tertiary/aromatic N) is 4. The van der Waals surface area contributed by atoms with Crippen LogP contribution in [0.25, 0.3) is 34.0 Å². The Hall–Kier alpha value is -4.00. The van der Waals surface area contributed by atoms with Crippen molar-refractivity contribution in [3.05, 3.63) is 52.6 Å². The topological polar surface area (TPSA) is 141 Å². The number of aliphatic carboxylic acids is 1. The molecule has 3 N–H and O–H groups in total. The lowest BCUT2D eigenvalue weighted by Gasteiger charge is -2.09. The van der Waals surface area contributed by atoms with Gasteiger partial charge in [-0.1, -0.05) is 29.4 Å². The van der Waals surface area contributed by atoms with E-state index in [9.17, 15) is 18.0 Å². The Morgan fingerprint density at radius 2 is 1.81 bits per heavy atom. The SMILES string of the molecule is CN(C)Cc1ccc(-c2noc(-c3cnc4[nH]c(=O)[nH]c4c3)n2)cc1.O=C(O)C(F)(F)F. The van der Waals surface area contributed by atoms with Crippen LogP contribution in [0.3, 0.4) is 0 Å². The monoisotopic (exact) mass is 450 g/mol. The summed E-state index contributed by atoms with van der Waals surface area (Å²) in [5.41, 5.74) is 3.51. The molecule has 0 fully saturated rings. The highest BCUT2D eigenvalue weighted by molar-refractivity contribution is 5.75. The molecule has 4 rings (SSSR count). The lowest BCUT2D eigenvalue weighted by atomic mass is 10.1. The summed E-state index contributed by atoms with van der Waals surface area (Å²) in [6, 6.07) is 9.78. The molecule has 0 aliphatic carbocycles. The summed E-state index contributed by atoms with van der Waals surface area (Å²) in [4.78, 5) is 36.2. The molecule has 0 bridgehead atoms. The molecular formula is C19H17F3N6O4. The van der Waals surface area contributed by atoms with Crippen LogP contribution < -0.4 is 5.69 Å². The largest absolute Gasteiger partial charge is 0.490 e. The Bertz CT molecular complexity index is 1270. The van der Waals surface area contributed by atoms with Crippen LogP contribution in [0.5, 0.6) is 0 Å². The molecule has 168 valence electrons. The lowest BCUT2D eigenvalue weighted by molar-refractivity contribution is -0.192. The van der Waals surface area contributed by atoms with Crippen LogP contribution in [0.1, 0.15) is 5.56 Å². The zero-order valence-corrected chi connectivity index (χ0v) is 16.8. The van der Waals surface area contributed by atoms with Gasteiger partial charge in [-0.2, -0.15) is 18.2 Å². The van der Waals surface area contributed by atoms with Crippen molar-refractivity contribution in [1.82, 2.24) is 30.0 Å². The average molecular weight is 450 g/mol. The normalized spacial score (nSPS) is 11.4. The van der Waals surface area contributed by atoms with Crippen LogP contribution in [0.2, 0.25) is 0 Å². The number of hydrogen-bond donors (Lipinski definition) is 3. The van der Waals surface area contributed by atoms with E-state index in [-0.39, 0.29) is 5.69 Å². The molecule has 3 heterocycles. The van der Waals surface area contributed by atoms with Crippen LogP contribution >= 0.6 is 0 Å². The molecular weight excluding hydrogens is 433 g/mol. The molecule has 0 radical (unpaired) electrons. The number of rotatable bonds is 4. The summed E-state index contributed by atoms with van der Waals surface area (Å²) in [6.07, 6.45) is -3.50. The number of pyridine rings is 1. The van der Waals surface area contributed by atoms with Crippen molar-refractivity contribution in [2.75, 3.05) is 14.1 Å². The van der Waals surface area contributed by atoms with E-state index in [0.717, 1.165) is 12.1 Å². The van der Waals surface area contributed by atoms with E-state index in [1.165, 1.54) is 5.56 Å². The van der Waals surface area contributed by atoms with Gasteiger partial charge in [0.15, 0.2) is 5.65 Å². The summed E-state index contributed by atoms with van der Waals surface area (Å²) >= 11 is 0. The molecule has 0 saturated carbocycles. The van der Waals surface area contributed by atoms with E-state index >= 15 is 0 Å². The summed E-state index contributed by atoms with van der Waals surface area (Å²) in [5.74, 6) is -1.90. The Morgan fingerprint density at radius 1 is 1.16 bits per heavy atom. The van der Waals surface area contributed by atoms with E-state index in [1.807, 2.05) is 38.4 Å². The smallest absolute Gasteiger partial charge is 0.475 e. The fourth-order valence-electron chi connectivity index (χ4n) is 2.62. The van der Waals surface area contributed by atoms with Crippen molar-refractivity contribution in [1.29, 1.82) is 0 Å². The third-order valence-electron chi connectivity index (χ3n) is 3.99. The van der Waals surface area contributed by atoms with Gasteiger partial charge in [-0.25, -0.2) is 14.6 Å². The minimum absolute atomic E-state index is 0.302. The van der Waals surface area contributed by atoms with E-state index in [0.29, 0.717) is 28.4 Å². The van der Waals surface area contributed by atoms with E-state index in [4.69, 9.17) is 14.4 Å². The number of carbonyl (C=O) groups is 1. The standard InChI is InChI=1S/C17H16N6O2.C2HF3O2/c1-23(2)9-10-3-5-11(6-4-10)14-20-16(25-22-14)12-7-13-15(18-8-12)21-17(24)19-13;3-2(4,5)1(6)7/h3-8H,9H2,1-2H3,(H2,18,19,21,24);(H,6,7). The second kappa shape index (κ2) is 9.01. The highest BCUT2D eigenvalue weighted by Gasteiger charge is 2.38. The van der Waals surface area contributed by atoms with E-state index < -0.39 is 12.1 Å². The van der Waals surface area contributed by atoms with Gasteiger partial charge in [0.1, 0.15) is 0 Å². The zero-order chi connectivity index (χ0) is 23.5. The van der Waals surface area contributed by atoms with E-state index in [1.54, 1.807) is 12.3 Å². The molecule has 0 aliphatic heterocycles. The summed E-state index contributed by atoms with van der Waals surface area (Å²) in [7, 11) is 4.06. The predicted octanol–water partition coefficient (Wildman–Crippen LogP) is 2.66. The van der Waals surface area contributed by atoms with Crippen molar-refractivity contribution in [3.63, 3.8) is 0 Å². The molecule has 0 atom stereocenters. The van der Waals surface area contributed by atoms with Crippen LogP contribution in [-0.4, -0.2) is 61.3 Å². The number of imidazole rings is 1. The van der Waals surface area contributed by atoms with E-state index in [2.05, 4.69) is 30.0 Å². The van der Waals surface area contributed by atoms with Gasteiger partial charge in [-0.15, -0.1) is 0 Å². The van der Waals surface area contributed by atoms with Crippen LogP contribution in [-0.2, 0) is 11.3 Å². The zero-order valence-electron chi connectivity index (χ0n) is 16.8. The number of alkyl halides is 3. The quantitative estimate of drug-likeness (QED) is 0.431. The molecule has 0 amide bonds. The maximum absolute atomic E-state index is 11.3. The third-order valence-corrected chi connectivity index (χ3v) is 3.99. The number of hydrogen-bond acceptors (Lipinski definition) is 7. The molecule has 13 heteroatoms. The van der Waals surface area contributed by atoms with Crippen molar-refractivity contribution in [3.8, 4) is 22.8 Å². The first-order valence-corrected chi connectivity index (χ1v) is 8.99. The summed E-state index contributed by atoms with van der Waals surface area (Å²) in [6.45, 7) is 0.873. The maximum Gasteiger partial charge on any atom is 0.490 e. The third kappa shape index (κ3) is 5.57. The first-order chi connectivity index (χ1) is 15.0. The number of aromatic nitrogens is 5. The van der Waals surface area contributed by atoms with Gasteiger partial charge in [0.25, 0.3) is 5.89 Å². The second-order valence-electron chi connectivity index (χ2n) is 6.86. The van der Waals surface area contributed by atoms with Gasteiger partial charge in [-0.3, -0.25) is 4.98 Å². The van der Waals surface area contributed by atoms with Gasteiger partial charge in [0.2, 0.25) is 5.82 Å². The Kier molecular flexibility index (Phi) is 6.39. The average Bonchev–Trinajstić information content (AvgIpc) is 3.33. The minimum atomic E-state index is -5.08. The summed E-state index contributed by atoms with van der Waals surface area (Å²) < 4.78 is 37.1. The summed E-state index contributed by atoms with van der Waals surface area (Å²) in [5, 5.41) is 11.2. The first-order valence-electron chi connectivity index (χ1n) is 8.99. The van der Waals surface area contributed by atoms with Crippen molar-refractivity contribution in [2.24, 2.45) is 0 Å². The maximum atomic E-state index is 11.3. The van der Waals surface area contributed by atoms with Gasteiger partial charge in [0, 0.05) is 18.3 Å². The van der Waals surface area contributed by atoms with Crippen LogP contribution in [0.15, 0.2) is 45.8 Å². The number of halogens is 3. The Balaban J connectivity index is 0.000000360. The number of aromatic amines is 2. The first kappa shape index (κ1) is 22.7. The number of carboxylic acids is 1. The number of H-pyrrole nitrogens is 2. The van der Waals surface area contributed by atoms with Crippen molar-refractivity contribution >= 4 is 17.1 Å². The van der Waals surface area contributed by atoms with Crippen LogP contribution in [0, 0.1) is 0 Å². The molecule has 0 aliphatic rings. The molecule has 10 nitrogen and oxygen atoms in total. The Labute approximate surface area is 177 Å². The highest BCUT2D eigenvalue weighted by Crippen LogP contribution is 2.23. The van der Waals surface area contributed by atoms with Crippen LogP contribution in [0.4, 0.5) is 13.2 Å². The molecule has 0 saturated heterocycles. The molecule has 32 heavy (non-hydrogen) atoms. The Morgan fingerprint density at radius 3 is 2.41 bits per heavy atom. The predicted molar refractivity (Wildman–Crippen MR) is 107 cm³/mol. The number of nitrogens with one attached hydrogen (secondary N) is 2. The number of benzene rings is 1. The minimum Gasteiger partial charge on any atom is -0.475 e. The van der Waals surface area contributed by atoms with Gasteiger partial charge < -0.3 is 19.5 Å². The molecule has 0 spiro atoms. The van der Waals surface area contributed by atoms with Gasteiger partial charge in [-0.05, 0) is 25.7 Å². The van der Waals surface area contributed by atoms with Gasteiger partial charge >= 0.3 is 17.8 Å². The fourth-order valence-corrected chi connectivity index (χ4v) is 2.62. The number of fused-ring (bicyclic) bond motifs is 1. The molecule has 3 aromatic heterocycles. The fraction of sp³-hybridized carbons (Fsp3) is 0.211.